The zero-order valence-corrected chi connectivity index (χ0v) is 11.2. The Labute approximate surface area is 109 Å². The molecule has 0 spiro atoms. The molecule has 1 aromatic rings. The van der Waals surface area contributed by atoms with Gasteiger partial charge in [0.05, 0.1) is 12.1 Å². The molecule has 0 amide bonds. The summed E-state index contributed by atoms with van der Waals surface area (Å²) in [6.07, 6.45) is 1.04. The van der Waals surface area contributed by atoms with E-state index in [0.717, 1.165) is 16.5 Å². The molecule has 0 bridgehead atoms. The lowest BCUT2D eigenvalue weighted by molar-refractivity contribution is 0.134. The summed E-state index contributed by atoms with van der Waals surface area (Å²) in [5, 5.41) is 9.93. The maximum absolute atomic E-state index is 9.93. The number of fused-ring (bicyclic) bond motifs is 1. The van der Waals surface area contributed by atoms with E-state index in [0.29, 0.717) is 17.9 Å². The fourth-order valence-corrected chi connectivity index (χ4v) is 2.46. The molecule has 0 unspecified atom stereocenters. The lowest BCUT2D eigenvalue weighted by Crippen LogP contribution is -2.26. The molecule has 2 rings (SSSR count). The number of rotatable bonds is 4. The minimum atomic E-state index is -0.545. The molecule has 0 fully saturated rings. The number of aliphatic hydroxyl groups is 1. The highest BCUT2D eigenvalue weighted by atomic mass is 79.9. The minimum absolute atomic E-state index is 0.234. The van der Waals surface area contributed by atoms with Gasteiger partial charge in [0.2, 0.25) is 6.79 Å². The second-order valence-corrected chi connectivity index (χ2v) is 4.96. The van der Waals surface area contributed by atoms with Gasteiger partial charge >= 0.3 is 0 Å². The summed E-state index contributed by atoms with van der Waals surface area (Å²) >= 11 is 3.44. The summed E-state index contributed by atoms with van der Waals surface area (Å²) in [5.74, 6) is 1.39. The van der Waals surface area contributed by atoms with E-state index in [2.05, 4.69) is 15.9 Å². The van der Waals surface area contributed by atoms with E-state index >= 15 is 0 Å². The van der Waals surface area contributed by atoms with Gasteiger partial charge in [0.15, 0.2) is 11.5 Å². The first-order valence-electron chi connectivity index (χ1n) is 5.66. The molecule has 94 valence electrons. The second-order valence-electron chi connectivity index (χ2n) is 4.11. The largest absolute Gasteiger partial charge is 0.454 e. The van der Waals surface area contributed by atoms with Crippen LogP contribution in [0.15, 0.2) is 16.6 Å². The highest BCUT2D eigenvalue weighted by Gasteiger charge is 2.23. The number of hydrogen-bond donors (Lipinski definition) is 2. The van der Waals surface area contributed by atoms with Crippen molar-refractivity contribution in [2.45, 2.75) is 31.9 Å². The van der Waals surface area contributed by atoms with E-state index in [4.69, 9.17) is 15.2 Å². The van der Waals surface area contributed by atoms with Crippen molar-refractivity contribution in [3.8, 4) is 11.5 Å². The maximum atomic E-state index is 9.93. The number of aliphatic hydroxyl groups excluding tert-OH is 1. The van der Waals surface area contributed by atoms with E-state index in [1.54, 1.807) is 0 Å². The van der Waals surface area contributed by atoms with Crippen molar-refractivity contribution < 1.29 is 14.6 Å². The van der Waals surface area contributed by atoms with E-state index in [1.807, 2.05) is 19.1 Å². The van der Waals surface area contributed by atoms with Gasteiger partial charge < -0.3 is 20.3 Å². The van der Waals surface area contributed by atoms with Crippen LogP contribution in [0.4, 0.5) is 0 Å². The Morgan fingerprint density at radius 2 is 2.06 bits per heavy atom. The Hall–Kier alpha value is -0.780. The summed E-state index contributed by atoms with van der Waals surface area (Å²) in [7, 11) is 0. The average molecular weight is 302 g/mol. The predicted octanol–water partition coefficient (Wildman–Crippen LogP) is 2.34. The molecule has 1 heterocycles. The van der Waals surface area contributed by atoms with E-state index in [-0.39, 0.29) is 6.79 Å². The highest BCUT2D eigenvalue weighted by molar-refractivity contribution is 9.10. The van der Waals surface area contributed by atoms with Gasteiger partial charge in [-0.25, -0.2) is 0 Å². The predicted molar refractivity (Wildman–Crippen MR) is 68.1 cm³/mol. The maximum Gasteiger partial charge on any atom is 0.231 e. The minimum Gasteiger partial charge on any atom is -0.454 e. The summed E-state index contributed by atoms with van der Waals surface area (Å²) in [5.41, 5.74) is 6.89. The van der Waals surface area contributed by atoms with Crippen LogP contribution in [0.2, 0.25) is 0 Å². The van der Waals surface area contributed by atoms with Gasteiger partial charge in [-0.3, -0.25) is 0 Å². The summed E-state index contributed by atoms with van der Waals surface area (Å²) in [6, 6.07) is 3.24. The molecule has 1 aliphatic heterocycles. The molecule has 0 radical (unpaired) electrons. The lowest BCUT2D eigenvalue weighted by atomic mass is 9.99. The van der Waals surface area contributed by atoms with Crippen LogP contribution in [0.3, 0.4) is 0 Å². The zero-order valence-electron chi connectivity index (χ0n) is 9.65. The van der Waals surface area contributed by atoms with Crippen molar-refractivity contribution in [2.75, 3.05) is 6.79 Å². The Bertz CT molecular complexity index is 411. The molecule has 1 aliphatic rings. The topological polar surface area (TPSA) is 64.7 Å². The molecule has 0 saturated carbocycles. The lowest BCUT2D eigenvalue weighted by Gasteiger charge is -2.20. The third-order valence-corrected chi connectivity index (χ3v) is 3.54. The van der Waals surface area contributed by atoms with E-state index < -0.39 is 12.1 Å². The van der Waals surface area contributed by atoms with E-state index in [1.165, 1.54) is 0 Å². The monoisotopic (exact) mass is 301 g/mol. The Kier molecular flexibility index (Phi) is 3.91. The molecular weight excluding hydrogens is 286 g/mol. The van der Waals surface area contributed by atoms with Crippen molar-refractivity contribution in [3.63, 3.8) is 0 Å². The van der Waals surface area contributed by atoms with Crippen LogP contribution < -0.4 is 15.2 Å². The number of benzene rings is 1. The molecule has 0 saturated heterocycles. The van der Waals surface area contributed by atoms with Gasteiger partial charge in [-0.15, -0.1) is 0 Å². The fraction of sp³-hybridized carbons (Fsp3) is 0.500. The molecule has 4 nitrogen and oxygen atoms in total. The molecule has 0 aliphatic carbocycles. The van der Waals surface area contributed by atoms with Crippen molar-refractivity contribution in [1.82, 2.24) is 0 Å². The Morgan fingerprint density at radius 3 is 2.71 bits per heavy atom. The Balaban J connectivity index is 2.26. The summed E-state index contributed by atoms with van der Waals surface area (Å²) in [6.45, 7) is 2.25. The molecule has 1 aromatic carbocycles. The first-order valence-corrected chi connectivity index (χ1v) is 6.45. The quantitative estimate of drug-likeness (QED) is 0.896. The second kappa shape index (κ2) is 5.25. The van der Waals surface area contributed by atoms with Crippen LogP contribution in [0.1, 0.15) is 31.4 Å². The third kappa shape index (κ3) is 2.56. The van der Waals surface area contributed by atoms with Crippen molar-refractivity contribution in [2.24, 2.45) is 5.73 Å². The summed E-state index contributed by atoms with van der Waals surface area (Å²) in [4.78, 5) is 0. The summed E-state index contributed by atoms with van der Waals surface area (Å²) < 4.78 is 11.4. The van der Waals surface area contributed by atoms with Gasteiger partial charge in [-0.2, -0.15) is 0 Å². The van der Waals surface area contributed by atoms with Gasteiger partial charge in [-0.1, -0.05) is 29.3 Å². The van der Waals surface area contributed by atoms with Crippen LogP contribution in [0.5, 0.6) is 11.5 Å². The van der Waals surface area contributed by atoms with Crippen LogP contribution in [-0.4, -0.2) is 18.0 Å². The van der Waals surface area contributed by atoms with Crippen LogP contribution in [0, 0.1) is 0 Å². The van der Waals surface area contributed by atoms with Gasteiger partial charge in [0.1, 0.15) is 0 Å². The van der Waals surface area contributed by atoms with Crippen molar-refractivity contribution in [3.05, 3.63) is 22.2 Å². The van der Waals surface area contributed by atoms with Crippen LogP contribution in [-0.2, 0) is 0 Å². The highest BCUT2D eigenvalue weighted by Crippen LogP contribution is 2.39. The van der Waals surface area contributed by atoms with Crippen LogP contribution >= 0.6 is 15.9 Å². The fourth-order valence-electron chi connectivity index (χ4n) is 1.87. The van der Waals surface area contributed by atoms with Crippen LogP contribution in [0.25, 0.3) is 0 Å². The number of hydrogen-bond acceptors (Lipinski definition) is 4. The first-order chi connectivity index (χ1) is 8.13. The van der Waals surface area contributed by atoms with E-state index in [9.17, 15) is 5.11 Å². The number of halogens is 1. The smallest absolute Gasteiger partial charge is 0.231 e. The molecule has 5 heteroatoms. The molecular formula is C12H16BrNO3. The van der Waals surface area contributed by atoms with Crippen molar-refractivity contribution in [1.29, 1.82) is 0 Å². The van der Waals surface area contributed by atoms with Gasteiger partial charge in [-0.05, 0) is 24.1 Å². The first kappa shape index (κ1) is 12.7. The molecule has 3 N–H and O–H groups in total. The average Bonchev–Trinajstić information content (AvgIpc) is 2.74. The normalized spacial score (nSPS) is 16.9. The SMILES string of the molecule is CCC[C@H](O)[C@H](N)c1cc2c(cc1Br)OCO2. The molecule has 0 aromatic heterocycles. The van der Waals surface area contributed by atoms with Gasteiger partial charge in [0.25, 0.3) is 0 Å². The van der Waals surface area contributed by atoms with Crippen molar-refractivity contribution >= 4 is 15.9 Å². The number of nitrogens with two attached hydrogens (primary N) is 1. The molecule has 2 atom stereocenters. The number of ether oxygens (including phenoxy) is 2. The van der Waals surface area contributed by atoms with Gasteiger partial charge in [0, 0.05) is 4.47 Å². The molecule has 17 heavy (non-hydrogen) atoms. The standard InChI is InChI=1S/C12H16BrNO3/c1-2-3-9(15)12(14)7-4-10-11(5-8(7)13)17-6-16-10/h4-5,9,12,15H,2-3,6,14H2,1H3/t9-,12+/m0/s1. The third-order valence-electron chi connectivity index (χ3n) is 2.85. The zero-order chi connectivity index (χ0) is 12.4. The Morgan fingerprint density at radius 1 is 1.41 bits per heavy atom.